The van der Waals surface area contributed by atoms with Gasteiger partial charge in [0.15, 0.2) is 0 Å². The van der Waals surface area contributed by atoms with E-state index in [1.165, 1.54) is 12.1 Å². The van der Waals surface area contributed by atoms with E-state index in [-0.39, 0.29) is 17.0 Å². The average Bonchev–Trinajstić information content (AvgIpc) is 2.29. The Morgan fingerprint density at radius 3 is 2.56 bits per heavy atom. The predicted octanol–water partition coefficient (Wildman–Crippen LogP) is 3.33. The minimum Gasteiger partial charge on any atom is -0.324 e. The van der Waals surface area contributed by atoms with Crippen molar-refractivity contribution in [2.45, 2.75) is 39.2 Å². The highest BCUT2D eigenvalue weighted by atomic mass is 19.1. The summed E-state index contributed by atoms with van der Waals surface area (Å²) in [6.45, 7) is 4.18. The Morgan fingerprint density at radius 2 is 1.88 bits per heavy atom. The molecule has 0 radical (unpaired) electrons. The standard InChI is InChI=1S/C13H17F2N/c1-13(2)6-5-8-9(14)3-4-10(15)12(8)11(16)7-13/h3-4,11H,5-7,16H2,1-2H3. The van der Waals surface area contributed by atoms with E-state index >= 15 is 0 Å². The van der Waals surface area contributed by atoms with Gasteiger partial charge in [-0.2, -0.15) is 0 Å². The van der Waals surface area contributed by atoms with Gasteiger partial charge in [-0.25, -0.2) is 8.78 Å². The van der Waals surface area contributed by atoms with Crippen LogP contribution in [0.3, 0.4) is 0 Å². The van der Waals surface area contributed by atoms with Crippen LogP contribution in [0.4, 0.5) is 8.78 Å². The summed E-state index contributed by atoms with van der Waals surface area (Å²) in [5.74, 6) is -0.703. The van der Waals surface area contributed by atoms with Crippen LogP contribution in [-0.2, 0) is 6.42 Å². The highest BCUT2D eigenvalue weighted by Crippen LogP contribution is 2.39. The molecule has 0 heterocycles. The Hall–Kier alpha value is -0.960. The van der Waals surface area contributed by atoms with Gasteiger partial charge in [-0.1, -0.05) is 13.8 Å². The van der Waals surface area contributed by atoms with Gasteiger partial charge in [0.25, 0.3) is 0 Å². The second-order valence-corrected chi connectivity index (χ2v) is 5.40. The summed E-state index contributed by atoms with van der Waals surface area (Å²) < 4.78 is 27.3. The van der Waals surface area contributed by atoms with Crippen LogP contribution in [0.1, 0.15) is 43.9 Å². The van der Waals surface area contributed by atoms with Crippen LogP contribution >= 0.6 is 0 Å². The molecule has 16 heavy (non-hydrogen) atoms. The molecule has 0 fully saturated rings. The third-order valence-corrected chi connectivity index (χ3v) is 3.44. The summed E-state index contributed by atoms with van der Waals surface area (Å²) in [4.78, 5) is 0. The molecule has 1 atom stereocenters. The summed E-state index contributed by atoms with van der Waals surface area (Å²) in [7, 11) is 0. The smallest absolute Gasteiger partial charge is 0.128 e. The fourth-order valence-electron chi connectivity index (χ4n) is 2.53. The molecule has 3 heteroatoms. The van der Waals surface area contributed by atoms with Gasteiger partial charge in [0.05, 0.1) is 0 Å². The number of hydrogen-bond acceptors (Lipinski definition) is 1. The molecule has 0 spiro atoms. The minimum absolute atomic E-state index is 0.0390. The first-order chi connectivity index (χ1) is 7.41. The number of halogens is 2. The van der Waals surface area contributed by atoms with Gasteiger partial charge < -0.3 is 5.73 Å². The van der Waals surface area contributed by atoms with Gasteiger partial charge in [-0.15, -0.1) is 0 Å². The van der Waals surface area contributed by atoms with Crippen LogP contribution in [0, 0.1) is 17.0 Å². The molecule has 0 bridgehead atoms. The summed E-state index contributed by atoms with van der Waals surface area (Å²) in [5, 5.41) is 0. The van der Waals surface area contributed by atoms with E-state index in [0.29, 0.717) is 24.0 Å². The third kappa shape index (κ3) is 1.96. The largest absolute Gasteiger partial charge is 0.324 e. The van der Waals surface area contributed by atoms with Gasteiger partial charge in [-0.3, -0.25) is 0 Å². The second-order valence-electron chi connectivity index (χ2n) is 5.40. The second kappa shape index (κ2) is 3.81. The third-order valence-electron chi connectivity index (χ3n) is 3.44. The van der Waals surface area contributed by atoms with Crippen molar-refractivity contribution in [3.05, 3.63) is 34.9 Å². The van der Waals surface area contributed by atoms with E-state index in [2.05, 4.69) is 13.8 Å². The molecule has 0 saturated heterocycles. The maximum absolute atomic E-state index is 13.7. The zero-order chi connectivity index (χ0) is 11.9. The number of fused-ring (bicyclic) bond motifs is 1. The van der Waals surface area contributed by atoms with E-state index in [4.69, 9.17) is 5.73 Å². The molecule has 1 aromatic rings. The zero-order valence-corrected chi connectivity index (χ0v) is 9.69. The van der Waals surface area contributed by atoms with Crippen molar-refractivity contribution in [3.63, 3.8) is 0 Å². The van der Waals surface area contributed by atoms with Crippen molar-refractivity contribution >= 4 is 0 Å². The molecule has 1 aliphatic rings. The molecule has 88 valence electrons. The van der Waals surface area contributed by atoms with Crippen molar-refractivity contribution in [2.75, 3.05) is 0 Å². The molecule has 0 amide bonds. The van der Waals surface area contributed by atoms with Crippen molar-refractivity contribution < 1.29 is 8.78 Å². The fraction of sp³-hybridized carbons (Fsp3) is 0.538. The van der Waals surface area contributed by atoms with Crippen molar-refractivity contribution in [3.8, 4) is 0 Å². The van der Waals surface area contributed by atoms with Crippen LogP contribution in [0.15, 0.2) is 12.1 Å². The lowest BCUT2D eigenvalue weighted by molar-refractivity contribution is 0.292. The number of benzene rings is 1. The summed E-state index contributed by atoms with van der Waals surface area (Å²) in [5.41, 5.74) is 6.87. The van der Waals surface area contributed by atoms with Crippen LogP contribution < -0.4 is 5.73 Å². The molecular formula is C13H17F2N. The molecule has 0 aliphatic heterocycles. The van der Waals surface area contributed by atoms with E-state index in [1.807, 2.05) is 0 Å². The van der Waals surface area contributed by atoms with Crippen molar-refractivity contribution in [1.29, 1.82) is 0 Å². The maximum Gasteiger partial charge on any atom is 0.128 e. The highest BCUT2D eigenvalue weighted by molar-refractivity contribution is 5.34. The molecule has 2 rings (SSSR count). The lowest BCUT2D eigenvalue weighted by Crippen LogP contribution is -2.20. The first-order valence-electron chi connectivity index (χ1n) is 5.63. The first kappa shape index (κ1) is 11.5. The predicted molar refractivity (Wildman–Crippen MR) is 60.0 cm³/mol. The monoisotopic (exact) mass is 225 g/mol. The normalized spacial score (nSPS) is 23.7. The lowest BCUT2D eigenvalue weighted by atomic mass is 9.83. The Labute approximate surface area is 94.7 Å². The van der Waals surface area contributed by atoms with Gasteiger partial charge in [0.1, 0.15) is 11.6 Å². The number of hydrogen-bond donors (Lipinski definition) is 1. The first-order valence-corrected chi connectivity index (χ1v) is 5.63. The molecular weight excluding hydrogens is 208 g/mol. The summed E-state index contributed by atoms with van der Waals surface area (Å²) in [6, 6.07) is 1.97. The van der Waals surface area contributed by atoms with Crippen LogP contribution in [0.2, 0.25) is 0 Å². The Bertz CT molecular complexity index is 413. The highest BCUT2D eigenvalue weighted by Gasteiger charge is 2.30. The zero-order valence-electron chi connectivity index (χ0n) is 9.69. The van der Waals surface area contributed by atoms with Gasteiger partial charge >= 0.3 is 0 Å². The summed E-state index contributed by atoms with van der Waals surface area (Å²) in [6.07, 6.45) is 2.11. The Balaban J connectivity index is 2.52. The van der Waals surface area contributed by atoms with Gasteiger partial charge in [-0.05, 0) is 42.4 Å². The SMILES string of the molecule is CC1(C)CCc2c(F)ccc(F)c2C(N)C1. The van der Waals surface area contributed by atoms with Crippen molar-refractivity contribution in [2.24, 2.45) is 11.1 Å². The topological polar surface area (TPSA) is 26.0 Å². The summed E-state index contributed by atoms with van der Waals surface area (Å²) >= 11 is 0. The van der Waals surface area contributed by atoms with Gasteiger partial charge in [0, 0.05) is 11.6 Å². The molecule has 1 unspecified atom stereocenters. The Morgan fingerprint density at radius 1 is 1.25 bits per heavy atom. The van der Waals surface area contributed by atoms with E-state index in [9.17, 15) is 8.78 Å². The van der Waals surface area contributed by atoms with E-state index in [0.717, 1.165) is 6.42 Å². The van der Waals surface area contributed by atoms with Crippen LogP contribution in [0.5, 0.6) is 0 Å². The molecule has 0 aromatic heterocycles. The molecule has 2 N–H and O–H groups in total. The average molecular weight is 225 g/mol. The molecule has 1 aromatic carbocycles. The molecule has 0 saturated carbocycles. The number of nitrogens with two attached hydrogens (primary N) is 1. The number of rotatable bonds is 0. The fourth-order valence-corrected chi connectivity index (χ4v) is 2.53. The van der Waals surface area contributed by atoms with E-state index < -0.39 is 6.04 Å². The maximum atomic E-state index is 13.7. The molecule has 1 nitrogen and oxygen atoms in total. The Kier molecular flexibility index (Phi) is 2.74. The van der Waals surface area contributed by atoms with E-state index in [1.54, 1.807) is 0 Å². The van der Waals surface area contributed by atoms with Crippen molar-refractivity contribution in [1.82, 2.24) is 0 Å². The molecule has 1 aliphatic carbocycles. The van der Waals surface area contributed by atoms with Crippen LogP contribution in [-0.4, -0.2) is 0 Å². The lowest BCUT2D eigenvalue weighted by Gasteiger charge is -2.24. The quantitative estimate of drug-likeness (QED) is 0.673. The van der Waals surface area contributed by atoms with Crippen LogP contribution in [0.25, 0.3) is 0 Å². The minimum atomic E-state index is -0.400. The van der Waals surface area contributed by atoms with Gasteiger partial charge in [0.2, 0.25) is 0 Å².